The molecule has 4 nitrogen and oxygen atoms in total. The van der Waals surface area contributed by atoms with Gasteiger partial charge >= 0.3 is 0 Å². The summed E-state index contributed by atoms with van der Waals surface area (Å²) in [6.07, 6.45) is 1.76. The van der Waals surface area contributed by atoms with Crippen molar-refractivity contribution in [1.82, 2.24) is 10.4 Å². The lowest BCUT2D eigenvalue weighted by Crippen LogP contribution is -2.29. The molecule has 1 unspecified atom stereocenters. The van der Waals surface area contributed by atoms with Gasteiger partial charge in [0.25, 0.3) is 0 Å². The molecule has 1 aromatic carbocycles. The number of hydrazine groups is 1. The van der Waals surface area contributed by atoms with Crippen molar-refractivity contribution in [2.45, 2.75) is 13.0 Å². The van der Waals surface area contributed by atoms with Crippen LogP contribution in [0.25, 0.3) is 0 Å². The van der Waals surface area contributed by atoms with E-state index in [0.717, 1.165) is 22.6 Å². The first kappa shape index (κ1) is 13.8. The summed E-state index contributed by atoms with van der Waals surface area (Å²) < 4.78 is 5.37. The summed E-state index contributed by atoms with van der Waals surface area (Å²) in [6.45, 7) is 1.94. The van der Waals surface area contributed by atoms with Crippen LogP contribution < -0.4 is 16.0 Å². The number of methoxy groups -OCH3 is 1. The fraction of sp³-hybridized carbons (Fsp3) is 0.214. The molecule has 5 heteroatoms. The van der Waals surface area contributed by atoms with Crippen LogP contribution in [0.2, 0.25) is 5.02 Å². The maximum Gasteiger partial charge on any atom is 0.124 e. The Labute approximate surface area is 117 Å². The topological polar surface area (TPSA) is 60.2 Å². The normalized spacial score (nSPS) is 12.2. The summed E-state index contributed by atoms with van der Waals surface area (Å²) in [7, 11) is 1.62. The Morgan fingerprint density at radius 2 is 2.11 bits per heavy atom. The molecular weight excluding hydrogens is 262 g/mol. The lowest BCUT2D eigenvalue weighted by Gasteiger charge is -2.20. The highest BCUT2D eigenvalue weighted by Crippen LogP contribution is 2.31. The second-order valence-corrected chi connectivity index (χ2v) is 4.65. The predicted octanol–water partition coefficient (Wildman–Crippen LogP) is 2.60. The van der Waals surface area contributed by atoms with E-state index in [1.807, 2.05) is 31.2 Å². The van der Waals surface area contributed by atoms with Crippen LogP contribution in [0.15, 0.2) is 36.5 Å². The van der Waals surface area contributed by atoms with E-state index >= 15 is 0 Å². The van der Waals surface area contributed by atoms with E-state index < -0.39 is 0 Å². The van der Waals surface area contributed by atoms with Crippen LogP contribution in [0.4, 0.5) is 0 Å². The quantitative estimate of drug-likeness (QED) is 0.666. The van der Waals surface area contributed by atoms with Gasteiger partial charge in [0, 0.05) is 22.5 Å². The predicted molar refractivity (Wildman–Crippen MR) is 76.1 cm³/mol. The average molecular weight is 278 g/mol. The minimum absolute atomic E-state index is 0.199. The first-order valence-electron chi connectivity index (χ1n) is 5.88. The maximum atomic E-state index is 6.06. The molecule has 100 valence electrons. The number of rotatable bonds is 4. The number of hydrogen-bond donors (Lipinski definition) is 2. The van der Waals surface area contributed by atoms with E-state index in [2.05, 4.69) is 10.4 Å². The summed E-state index contributed by atoms with van der Waals surface area (Å²) in [5.74, 6) is 6.43. The number of pyridine rings is 1. The first-order chi connectivity index (χ1) is 9.15. The molecule has 0 aliphatic rings. The number of nitrogens with zero attached hydrogens (tertiary/aromatic N) is 1. The first-order valence-corrected chi connectivity index (χ1v) is 6.25. The Morgan fingerprint density at radius 1 is 1.32 bits per heavy atom. The molecule has 0 fully saturated rings. The number of halogens is 1. The second kappa shape index (κ2) is 6.02. The van der Waals surface area contributed by atoms with Gasteiger partial charge in [0.1, 0.15) is 5.75 Å². The zero-order valence-corrected chi connectivity index (χ0v) is 11.6. The van der Waals surface area contributed by atoms with Crippen LogP contribution in [-0.4, -0.2) is 12.1 Å². The molecule has 0 amide bonds. The summed E-state index contributed by atoms with van der Waals surface area (Å²) in [6, 6.07) is 9.16. The molecule has 19 heavy (non-hydrogen) atoms. The molecule has 0 aliphatic heterocycles. The highest BCUT2D eigenvalue weighted by molar-refractivity contribution is 6.30. The zero-order valence-electron chi connectivity index (χ0n) is 10.9. The van der Waals surface area contributed by atoms with Crippen molar-refractivity contribution in [3.05, 3.63) is 58.4 Å². The Morgan fingerprint density at radius 3 is 2.74 bits per heavy atom. The van der Waals surface area contributed by atoms with Crippen molar-refractivity contribution >= 4 is 11.6 Å². The van der Waals surface area contributed by atoms with Gasteiger partial charge in [0.05, 0.1) is 13.2 Å². The maximum absolute atomic E-state index is 6.06. The Bertz CT molecular complexity index is 574. The molecular formula is C14H16ClN3O. The SMILES string of the molecule is COc1ccc(Cl)cc1C(NN)c1ccnc(C)c1. The van der Waals surface area contributed by atoms with Gasteiger partial charge < -0.3 is 4.74 Å². The van der Waals surface area contributed by atoms with E-state index in [1.165, 1.54) is 0 Å². The number of nitrogens with one attached hydrogen (secondary N) is 1. The lowest BCUT2D eigenvalue weighted by atomic mass is 9.98. The van der Waals surface area contributed by atoms with Gasteiger partial charge in [-0.2, -0.15) is 0 Å². The molecule has 0 saturated heterocycles. The van der Waals surface area contributed by atoms with E-state index in [4.69, 9.17) is 22.2 Å². The molecule has 1 heterocycles. The molecule has 0 aliphatic carbocycles. The molecule has 2 aromatic rings. The Balaban J connectivity index is 2.50. The van der Waals surface area contributed by atoms with Gasteiger partial charge in [-0.1, -0.05) is 11.6 Å². The van der Waals surface area contributed by atoms with Crippen LogP contribution >= 0.6 is 11.6 Å². The molecule has 1 aromatic heterocycles. The van der Waals surface area contributed by atoms with Crippen molar-refractivity contribution in [2.75, 3.05) is 7.11 Å². The third-order valence-electron chi connectivity index (χ3n) is 2.92. The monoisotopic (exact) mass is 277 g/mol. The van der Waals surface area contributed by atoms with Crippen LogP contribution in [0.3, 0.4) is 0 Å². The molecule has 3 N–H and O–H groups in total. The number of ether oxygens (including phenoxy) is 1. The van der Waals surface area contributed by atoms with E-state index in [1.54, 1.807) is 19.4 Å². The highest BCUT2D eigenvalue weighted by atomic mass is 35.5. The molecule has 0 saturated carbocycles. The summed E-state index contributed by atoms with van der Waals surface area (Å²) in [5.41, 5.74) is 5.63. The van der Waals surface area contributed by atoms with Crippen LogP contribution in [0.5, 0.6) is 5.75 Å². The Hall–Kier alpha value is -1.62. The van der Waals surface area contributed by atoms with Crippen molar-refractivity contribution in [1.29, 1.82) is 0 Å². The van der Waals surface area contributed by atoms with Crippen molar-refractivity contribution in [3.63, 3.8) is 0 Å². The number of aryl methyl sites for hydroxylation is 1. The van der Waals surface area contributed by atoms with Gasteiger partial charge in [-0.3, -0.25) is 10.8 Å². The molecule has 0 radical (unpaired) electrons. The van der Waals surface area contributed by atoms with Crippen molar-refractivity contribution in [3.8, 4) is 5.75 Å². The fourth-order valence-electron chi connectivity index (χ4n) is 2.04. The van der Waals surface area contributed by atoms with E-state index in [9.17, 15) is 0 Å². The number of aromatic nitrogens is 1. The number of hydrogen-bond acceptors (Lipinski definition) is 4. The standard InChI is InChI=1S/C14H16ClN3O/c1-9-7-10(5-6-17-9)14(18-16)12-8-11(15)3-4-13(12)19-2/h3-8,14,18H,16H2,1-2H3. The van der Waals surface area contributed by atoms with Crippen molar-refractivity contribution < 1.29 is 4.74 Å². The minimum atomic E-state index is -0.199. The smallest absolute Gasteiger partial charge is 0.124 e. The molecule has 1 atom stereocenters. The van der Waals surface area contributed by atoms with Gasteiger partial charge in [-0.15, -0.1) is 0 Å². The van der Waals surface area contributed by atoms with Crippen LogP contribution in [-0.2, 0) is 0 Å². The highest BCUT2D eigenvalue weighted by Gasteiger charge is 2.17. The number of nitrogens with two attached hydrogens (primary N) is 1. The molecule has 2 rings (SSSR count). The average Bonchev–Trinajstić information content (AvgIpc) is 2.40. The fourth-order valence-corrected chi connectivity index (χ4v) is 2.22. The lowest BCUT2D eigenvalue weighted by molar-refractivity contribution is 0.404. The summed E-state index contributed by atoms with van der Waals surface area (Å²) >= 11 is 6.06. The summed E-state index contributed by atoms with van der Waals surface area (Å²) in [4.78, 5) is 4.18. The van der Waals surface area contributed by atoms with Gasteiger partial charge in [-0.25, -0.2) is 5.43 Å². The molecule has 0 bridgehead atoms. The van der Waals surface area contributed by atoms with E-state index in [0.29, 0.717) is 5.02 Å². The summed E-state index contributed by atoms with van der Waals surface area (Å²) in [5, 5.41) is 0.641. The second-order valence-electron chi connectivity index (χ2n) is 4.22. The minimum Gasteiger partial charge on any atom is -0.496 e. The van der Waals surface area contributed by atoms with Crippen LogP contribution in [0.1, 0.15) is 22.9 Å². The third-order valence-corrected chi connectivity index (χ3v) is 3.16. The third kappa shape index (κ3) is 3.04. The Kier molecular flexibility index (Phi) is 4.37. The van der Waals surface area contributed by atoms with Gasteiger partial charge in [0.2, 0.25) is 0 Å². The largest absolute Gasteiger partial charge is 0.496 e. The number of benzene rings is 1. The van der Waals surface area contributed by atoms with E-state index in [-0.39, 0.29) is 6.04 Å². The van der Waals surface area contributed by atoms with Crippen molar-refractivity contribution in [2.24, 2.45) is 5.84 Å². The van der Waals surface area contributed by atoms with Crippen LogP contribution in [0, 0.1) is 6.92 Å². The van der Waals surface area contributed by atoms with Gasteiger partial charge in [-0.05, 0) is 42.8 Å². The molecule has 0 spiro atoms. The zero-order chi connectivity index (χ0) is 13.8. The van der Waals surface area contributed by atoms with Gasteiger partial charge in [0.15, 0.2) is 0 Å².